The molecule has 1 atom stereocenters. The number of fused-ring (bicyclic) bond motifs is 1. The number of para-hydroxylation sites is 1. The standard InChI is InChI=1S/C24H28N4O2/c1-3-28(24(29)22-14-18-7-4-5-10-21(18)27-22)20-9-6-8-19(15-20)26-16-17-11-12-25-23(13-17)30-2/h4-5,7,10-15,20,26-27H,3,6,8-9,16H2,1-2H3/t20-/m0/s1. The third-order valence-corrected chi connectivity index (χ3v) is 5.63. The minimum absolute atomic E-state index is 0.0510. The van der Waals surface area contributed by atoms with Crippen LogP contribution >= 0.6 is 0 Å². The van der Waals surface area contributed by atoms with Crippen LogP contribution in [0.2, 0.25) is 0 Å². The minimum atomic E-state index is 0.0510. The van der Waals surface area contributed by atoms with E-state index in [9.17, 15) is 4.79 Å². The average molecular weight is 405 g/mol. The second-order valence-corrected chi connectivity index (χ2v) is 7.57. The highest BCUT2D eigenvalue weighted by Crippen LogP contribution is 2.24. The highest BCUT2D eigenvalue weighted by atomic mass is 16.5. The summed E-state index contributed by atoms with van der Waals surface area (Å²) in [5.41, 5.74) is 3.94. The Morgan fingerprint density at radius 2 is 2.17 bits per heavy atom. The van der Waals surface area contributed by atoms with Crippen molar-refractivity contribution in [2.75, 3.05) is 13.7 Å². The molecule has 3 aromatic rings. The van der Waals surface area contributed by atoms with E-state index in [1.165, 1.54) is 5.70 Å². The van der Waals surface area contributed by atoms with Crippen molar-refractivity contribution in [1.29, 1.82) is 0 Å². The number of H-pyrrole nitrogens is 1. The molecule has 0 saturated heterocycles. The highest BCUT2D eigenvalue weighted by Gasteiger charge is 2.25. The molecule has 0 saturated carbocycles. The number of aromatic nitrogens is 2. The van der Waals surface area contributed by atoms with Crippen molar-refractivity contribution in [3.05, 3.63) is 71.7 Å². The van der Waals surface area contributed by atoms with Crippen molar-refractivity contribution in [3.8, 4) is 5.88 Å². The molecule has 4 rings (SSSR count). The number of aromatic amines is 1. The molecule has 1 aliphatic carbocycles. The largest absolute Gasteiger partial charge is 0.481 e. The van der Waals surface area contributed by atoms with Gasteiger partial charge >= 0.3 is 0 Å². The number of nitrogens with zero attached hydrogens (tertiary/aromatic N) is 2. The number of hydrogen-bond acceptors (Lipinski definition) is 4. The summed E-state index contributed by atoms with van der Waals surface area (Å²) in [6, 6.07) is 13.9. The number of hydrogen-bond donors (Lipinski definition) is 2. The van der Waals surface area contributed by atoms with Crippen molar-refractivity contribution in [3.63, 3.8) is 0 Å². The first-order valence-electron chi connectivity index (χ1n) is 10.5. The zero-order chi connectivity index (χ0) is 20.9. The summed E-state index contributed by atoms with van der Waals surface area (Å²) in [5, 5.41) is 4.59. The zero-order valence-corrected chi connectivity index (χ0v) is 17.5. The quantitative estimate of drug-likeness (QED) is 0.617. The first kappa shape index (κ1) is 20.0. The number of nitrogens with one attached hydrogen (secondary N) is 2. The Bertz CT molecular complexity index is 1020. The van der Waals surface area contributed by atoms with Gasteiger partial charge in [-0.25, -0.2) is 4.98 Å². The van der Waals surface area contributed by atoms with Crippen molar-refractivity contribution in [1.82, 2.24) is 20.2 Å². The van der Waals surface area contributed by atoms with Gasteiger partial charge in [0.1, 0.15) is 5.69 Å². The maximum absolute atomic E-state index is 13.2. The van der Waals surface area contributed by atoms with E-state index in [4.69, 9.17) is 4.74 Å². The van der Waals surface area contributed by atoms with Crippen molar-refractivity contribution < 1.29 is 9.53 Å². The van der Waals surface area contributed by atoms with Crippen LogP contribution in [0.15, 0.2) is 60.4 Å². The van der Waals surface area contributed by atoms with Gasteiger partial charge in [-0.05, 0) is 56.0 Å². The predicted octanol–water partition coefficient (Wildman–Crippen LogP) is 4.26. The van der Waals surface area contributed by atoms with E-state index < -0.39 is 0 Å². The molecule has 2 N–H and O–H groups in total. The van der Waals surface area contributed by atoms with E-state index in [0.717, 1.165) is 35.7 Å². The Morgan fingerprint density at radius 1 is 1.30 bits per heavy atom. The van der Waals surface area contributed by atoms with Crippen LogP contribution in [0.1, 0.15) is 42.2 Å². The molecule has 2 aromatic heterocycles. The second kappa shape index (κ2) is 9.03. The van der Waals surface area contributed by atoms with Crippen LogP contribution in [0, 0.1) is 0 Å². The van der Waals surface area contributed by atoms with Gasteiger partial charge in [-0.15, -0.1) is 0 Å². The number of benzene rings is 1. The van der Waals surface area contributed by atoms with Crippen molar-refractivity contribution in [2.24, 2.45) is 0 Å². The van der Waals surface area contributed by atoms with Gasteiger partial charge in [0, 0.05) is 42.0 Å². The molecular formula is C24H28N4O2. The van der Waals surface area contributed by atoms with Crippen LogP contribution in [0.5, 0.6) is 5.88 Å². The molecule has 0 unspecified atom stereocenters. The number of rotatable bonds is 7. The number of ether oxygens (including phenoxy) is 1. The minimum Gasteiger partial charge on any atom is -0.481 e. The molecule has 6 nitrogen and oxygen atoms in total. The first-order valence-corrected chi connectivity index (χ1v) is 10.5. The third-order valence-electron chi connectivity index (χ3n) is 5.63. The molecule has 1 amide bonds. The summed E-state index contributed by atoms with van der Waals surface area (Å²) in [4.78, 5) is 22.6. The van der Waals surface area contributed by atoms with E-state index >= 15 is 0 Å². The molecule has 0 fully saturated rings. The van der Waals surface area contributed by atoms with Crippen LogP contribution in [-0.2, 0) is 6.54 Å². The summed E-state index contributed by atoms with van der Waals surface area (Å²) in [6.07, 6.45) is 7.00. The summed E-state index contributed by atoms with van der Waals surface area (Å²) in [6.45, 7) is 3.42. The number of likely N-dealkylation sites (N-methyl/N-ethyl adjacent to an activating group) is 1. The van der Waals surface area contributed by atoms with Crippen LogP contribution in [0.25, 0.3) is 10.9 Å². The van der Waals surface area contributed by atoms with Crippen molar-refractivity contribution >= 4 is 16.8 Å². The van der Waals surface area contributed by atoms with E-state index in [-0.39, 0.29) is 11.9 Å². The second-order valence-electron chi connectivity index (χ2n) is 7.57. The summed E-state index contributed by atoms with van der Waals surface area (Å²) >= 11 is 0. The number of carbonyl (C=O) groups excluding carboxylic acids is 1. The fourth-order valence-corrected chi connectivity index (χ4v) is 4.05. The van der Waals surface area contributed by atoms with E-state index in [2.05, 4.69) is 21.4 Å². The molecule has 1 aromatic carbocycles. The zero-order valence-electron chi connectivity index (χ0n) is 17.5. The lowest BCUT2D eigenvalue weighted by atomic mass is 9.98. The van der Waals surface area contributed by atoms with Crippen LogP contribution in [0.4, 0.5) is 0 Å². The van der Waals surface area contributed by atoms with E-state index in [1.807, 2.05) is 54.3 Å². The predicted molar refractivity (Wildman–Crippen MR) is 118 cm³/mol. The summed E-state index contributed by atoms with van der Waals surface area (Å²) in [7, 11) is 1.62. The third kappa shape index (κ3) is 4.32. The SMILES string of the molecule is CCN(C(=O)c1cc2ccccc2[nH]1)[C@@H]1C=C(NCc2ccnc(OC)c2)CCC1. The number of pyridine rings is 1. The van der Waals surface area contributed by atoms with E-state index in [1.54, 1.807) is 13.3 Å². The highest BCUT2D eigenvalue weighted by molar-refractivity contribution is 5.98. The maximum Gasteiger partial charge on any atom is 0.270 e. The lowest BCUT2D eigenvalue weighted by Gasteiger charge is -2.32. The maximum atomic E-state index is 13.2. The Kier molecular flexibility index (Phi) is 6.02. The van der Waals surface area contributed by atoms with Gasteiger partial charge < -0.3 is 19.9 Å². The number of allylic oxidation sites excluding steroid dienone is 1. The number of carbonyl (C=O) groups is 1. The normalized spacial score (nSPS) is 16.2. The Hall–Kier alpha value is -3.28. The molecule has 2 heterocycles. The molecule has 0 aliphatic heterocycles. The Labute approximate surface area is 177 Å². The van der Waals surface area contributed by atoms with Gasteiger partial charge in [-0.1, -0.05) is 18.2 Å². The summed E-state index contributed by atoms with van der Waals surface area (Å²) < 4.78 is 5.20. The smallest absolute Gasteiger partial charge is 0.270 e. The van der Waals surface area contributed by atoms with Crippen LogP contribution in [-0.4, -0.2) is 40.5 Å². The van der Waals surface area contributed by atoms with Crippen LogP contribution < -0.4 is 10.1 Å². The fourth-order valence-electron chi connectivity index (χ4n) is 4.05. The summed E-state index contributed by atoms with van der Waals surface area (Å²) in [5.74, 6) is 0.668. The Morgan fingerprint density at radius 3 is 2.97 bits per heavy atom. The van der Waals surface area contributed by atoms with Gasteiger partial charge in [0.2, 0.25) is 5.88 Å². The van der Waals surface area contributed by atoms with E-state index in [0.29, 0.717) is 24.7 Å². The van der Waals surface area contributed by atoms with Gasteiger partial charge in [0.25, 0.3) is 5.91 Å². The van der Waals surface area contributed by atoms with Gasteiger partial charge in [-0.3, -0.25) is 4.79 Å². The van der Waals surface area contributed by atoms with Gasteiger partial charge in [-0.2, -0.15) is 0 Å². The average Bonchev–Trinajstić information content (AvgIpc) is 3.23. The number of amides is 1. The monoisotopic (exact) mass is 404 g/mol. The molecule has 0 bridgehead atoms. The Balaban J connectivity index is 1.47. The lowest BCUT2D eigenvalue weighted by molar-refractivity contribution is 0.0706. The topological polar surface area (TPSA) is 70.2 Å². The molecule has 1 aliphatic rings. The van der Waals surface area contributed by atoms with Gasteiger partial charge in [0.15, 0.2) is 0 Å². The molecule has 0 radical (unpaired) electrons. The molecule has 6 heteroatoms. The number of methoxy groups -OCH3 is 1. The van der Waals surface area contributed by atoms with Crippen LogP contribution in [0.3, 0.4) is 0 Å². The van der Waals surface area contributed by atoms with Gasteiger partial charge in [0.05, 0.1) is 13.2 Å². The fraction of sp³-hybridized carbons (Fsp3) is 0.333. The first-order chi connectivity index (χ1) is 14.7. The molecule has 156 valence electrons. The molecule has 0 spiro atoms. The molecular weight excluding hydrogens is 376 g/mol. The lowest BCUT2D eigenvalue weighted by Crippen LogP contribution is -2.41. The van der Waals surface area contributed by atoms with Crippen molar-refractivity contribution in [2.45, 2.75) is 38.8 Å². The molecule has 30 heavy (non-hydrogen) atoms.